The van der Waals surface area contributed by atoms with Crippen molar-refractivity contribution in [2.45, 2.75) is 13.0 Å². The van der Waals surface area contributed by atoms with Crippen LogP contribution in [-0.4, -0.2) is 24.6 Å². The quantitative estimate of drug-likeness (QED) is 0.565. The summed E-state index contributed by atoms with van der Waals surface area (Å²) in [4.78, 5) is 23.8. The third-order valence-electron chi connectivity index (χ3n) is 3.08. The summed E-state index contributed by atoms with van der Waals surface area (Å²) in [6.07, 6.45) is -0.955. The second kappa shape index (κ2) is 9.46. The molecule has 1 N–H and O–H groups in total. The van der Waals surface area contributed by atoms with Gasteiger partial charge in [-0.15, -0.1) is 0 Å². The molecule has 0 saturated carbocycles. The first-order valence-corrected chi connectivity index (χ1v) is 9.22. The van der Waals surface area contributed by atoms with Gasteiger partial charge in [0.15, 0.2) is 12.7 Å². The molecule has 2 rings (SSSR count). The summed E-state index contributed by atoms with van der Waals surface area (Å²) in [5.41, 5.74) is 0.483. The summed E-state index contributed by atoms with van der Waals surface area (Å²) in [5.74, 6) is -0.928. The predicted molar refractivity (Wildman–Crippen MR) is 105 cm³/mol. The van der Waals surface area contributed by atoms with Gasteiger partial charge in [0.25, 0.3) is 5.91 Å². The lowest BCUT2D eigenvalue weighted by Crippen LogP contribution is -2.29. The van der Waals surface area contributed by atoms with Crippen LogP contribution in [0.5, 0.6) is 5.75 Å². The summed E-state index contributed by atoms with van der Waals surface area (Å²) >= 11 is 21.0. The summed E-state index contributed by atoms with van der Waals surface area (Å²) in [6, 6.07) is 9.53. The van der Waals surface area contributed by atoms with Crippen molar-refractivity contribution in [3.63, 3.8) is 0 Å². The molecule has 9 heteroatoms. The van der Waals surface area contributed by atoms with E-state index < -0.39 is 24.6 Å². The molecule has 0 fully saturated rings. The monoisotopic (exact) mass is 479 g/mol. The van der Waals surface area contributed by atoms with E-state index in [1.165, 1.54) is 13.0 Å². The highest BCUT2D eigenvalue weighted by atomic mass is 79.9. The molecule has 1 amide bonds. The number of benzene rings is 2. The summed E-state index contributed by atoms with van der Waals surface area (Å²) < 4.78 is 11.1. The molecule has 0 saturated heterocycles. The molecule has 0 aliphatic heterocycles. The van der Waals surface area contributed by atoms with E-state index in [9.17, 15) is 9.59 Å². The van der Waals surface area contributed by atoms with Gasteiger partial charge in [-0.05, 0) is 59.3 Å². The third kappa shape index (κ3) is 6.06. The van der Waals surface area contributed by atoms with Crippen LogP contribution in [0.2, 0.25) is 15.1 Å². The Kier molecular flexibility index (Phi) is 7.58. The van der Waals surface area contributed by atoms with Gasteiger partial charge in [0.05, 0.1) is 10.0 Å². The number of esters is 1. The fourth-order valence-electron chi connectivity index (χ4n) is 1.83. The smallest absolute Gasteiger partial charge is 0.347 e. The average Bonchev–Trinajstić information content (AvgIpc) is 2.58. The van der Waals surface area contributed by atoms with Crippen molar-refractivity contribution >= 4 is 68.3 Å². The molecule has 0 unspecified atom stereocenters. The fourth-order valence-corrected chi connectivity index (χ4v) is 2.71. The molecule has 2 aromatic rings. The Balaban J connectivity index is 1.84. The van der Waals surface area contributed by atoms with Crippen LogP contribution < -0.4 is 10.1 Å². The van der Waals surface area contributed by atoms with Crippen LogP contribution in [0, 0.1) is 0 Å². The number of hydrogen-bond acceptors (Lipinski definition) is 4. The molecule has 0 aromatic heterocycles. The highest BCUT2D eigenvalue weighted by molar-refractivity contribution is 9.10. The lowest BCUT2D eigenvalue weighted by atomic mass is 10.3. The zero-order valence-corrected chi connectivity index (χ0v) is 17.2. The highest BCUT2D eigenvalue weighted by Gasteiger charge is 2.19. The maximum Gasteiger partial charge on any atom is 0.347 e. The third-order valence-corrected chi connectivity index (χ3v) is 4.84. The number of hydrogen-bond donors (Lipinski definition) is 1. The standard InChI is InChI=1S/C17H13BrCl3NO4/c1-9(26-15-5-2-10(19)6-14(15)21)17(24)25-8-16(23)22-11-3-4-12(18)13(20)7-11/h2-7,9H,8H2,1H3,(H,22,23)/t9-/m0/s1. The van der Waals surface area contributed by atoms with Gasteiger partial charge in [-0.1, -0.05) is 34.8 Å². The van der Waals surface area contributed by atoms with Gasteiger partial charge in [-0.25, -0.2) is 4.79 Å². The second-order valence-corrected chi connectivity index (χ2v) is 7.22. The van der Waals surface area contributed by atoms with E-state index in [0.29, 0.717) is 20.2 Å². The van der Waals surface area contributed by atoms with E-state index in [0.717, 1.165) is 0 Å². The maximum atomic E-state index is 12.0. The van der Waals surface area contributed by atoms with E-state index in [1.807, 2.05) is 0 Å². The van der Waals surface area contributed by atoms with Gasteiger partial charge in [-0.2, -0.15) is 0 Å². The Labute approximate surface area is 173 Å². The first kappa shape index (κ1) is 20.8. The molecule has 0 radical (unpaired) electrons. The van der Waals surface area contributed by atoms with Crippen molar-refractivity contribution in [1.29, 1.82) is 0 Å². The van der Waals surface area contributed by atoms with Crippen LogP contribution in [0.1, 0.15) is 6.92 Å². The Morgan fingerprint density at radius 3 is 2.50 bits per heavy atom. The molecule has 5 nitrogen and oxygen atoms in total. The van der Waals surface area contributed by atoms with E-state index in [-0.39, 0.29) is 10.8 Å². The van der Waals surface area contributed by atoms with Crippen molar-refractivity contribution < 1.29 is 19.1 Å². The topological polar surface area (TPSA) is 64.6 Å². The van der Waals surface area contributed by atoms with Crippen LogP contribution in [0.15, 0.2) is 40.9 Å². The normalized spacial score (nSPS) is 11.6. The number of amides is 1. The number of carbonyl (C=O) groups excluding carboxylic acids is 2. The van der Waals surface area contributed by atoms with E-state index >= 15 is 0 Å². The highest BCUT2D eigenvalue weighted by Crippen LogP contribution is 2.28. The van der Waals surface area contributed by atoms with Crippen LogP contribution in [0.25, 0.3) is 0 Å². The van der Waals surface area contributed by atoms with Gasteiger partial charge >= 0.3 is 5.97 Å². The number of carbonyl (C=O) groups is 2. The van der Waals surface area contributed by atoms with E-state index in [4.69, 9.17) is 44.3 Å². The maximum absolute atomic E-state index is 12.0. The van der Waals surface area contributed by atoms with Crippen molar-refractivity contribution in [3.8, 4) is 5.75 Å². The van der Waals surface area contributed by atoms with E-state index in [1.54, 1.807) is 30.3 Å². The zero-order valence-electron chi connectivity index (χ0n) is 13.4. The molecule has 26 heavy (non-hydrogen) atoms. The Hall–Kier alpha value is -1.47. The Morgan fingerprint density at radius 1 is 1.12 bits per heavy atom. The lowest BCUT2D eigenvalue weighted by Gasteiger charge is -2.15. The fraction of sp³-hybridized carbons (Fsp3) is 0.176. The van der Waals surface area contributed by atoms with Gasteiger partial charge < -0.3 is 14.8 Å². The van der Waals surface area contributed by atoms with Gasteiger partial charge in [0, 0.05) is 15.2 Å². The Bertz CT molecular complexity index is 832. The molecule has 2 aromatic carbocycles. The molecular formula is C17H13BrCl3NO4. The van der Waals surface area contributed by atoms with Crippen LogP contribution in [-0.2, 0) is 14.3 Å². The summed E-state index contributed by atoms with van der Waals surface area (Å²) in [7, 11) is 0. The van der Waals surface area contributed by atoms with Crippen LogP contribution >= 0.6 is 50.7 Å². The van der Waals surface area contributed by atoms with Crippen molar-refractivity contribution in [1.82, 2.24) is 0 Å². The molecule has 1 atom stereocenters. The number of nitrogens with one attached hydrogen (secondary N) is 1. The first-order chi connectivity index (χ1) is 12.3. The number of halogens is 4. The SMILES string of the molecule is C[C@H](Oc1ccc(Cl)cc1Cl)C(=O)OCC(=O)Nc1ccc(Br)c(Cl)c1. The molecular weight excluding hydrogens is 468 g/mol. The predicted octanol–water partition coefficient (Wildman–Crippen LogP) is 5.36. The average molecular weight is 482 g/mol. The van der Waals surface area contributed by atoms with E-state index in [2.05, 4.69) is 21.2 Å². The minimum absolute atomic E-state index is 0.266. The van der Waals surface area contributed by atoms with Crippen LogP contribution in [0.3, 0.4) is 0 Å². The molecule has 0 aliphatic carbocycles. The summed E-state index contributed by atoms with van der Waals surface area (Å²) in [6.45, 7) is 1.02. The largest absolute Gasteiger partial charge is 0.477 e. The van der Waals surface area contributed by atoms with Gasteiger partial charge in [0.1, 0.15) is 5.75 Å². The minimum Gasteiger partial charge on any atom is -0.477 e. The van der Waals surface area contributed by atoms with Gasteiger partial charge in [0.2, 0.25) is 0 Å². The van der Waals surface area contributed by atoms with Crippen molar-refractivity contribution in [2.24, 2.45) is 0 Å². The summed E-state index contributed by atoms with van der Waals surface area (Å²) in [5, 5.41) is 3.73. The van der Waals surface area contributed by atoms with Gasteiger partial charge in [-0.3, -0.25) is 4.79 Å². The molecule has 0 spiro atoms. The number of rotatable bonds is 6. The minimum atomic E-state index is -0.955. The lowest BCUT2D eigenvalue weighted by molar-refractivity contribution is -0.153. The number of anilines is 1. The molecule has 138 valence electrons. The number of ether oxygens (including phenoxy) is 2. The van der Waals surface area contributed by atoms with Crippen molar-refractivity contribution in [2.75, 3.05) is 11.9 Å². The molecule has 0 heterocycles. The molecule has 0 aliphatic rings. The second-order valence-electron chi connectivity index (χ2n) is 5.12. The Morgan fingerprint density at radius 2 is 1.85 bits per heavy atom. The van der Waals surface area contributed by atoms with Crippen LogP contribution in [0.4, 0.5) is 5.69 Å². The molecule has 0 bridgehead atoms. The zero-order chi connectivity index (χ0) is 19.3. The van der Waals surface area contributed by atoms with Crippen molar-refractivity contribution in [3.05, 3.63) is 55.9 Å². The first-order valence-electron chi connectivity index (χ1n) is 7.29.